The normalized spacial score (nSPS) is 24.1. The molecule has 5 nitrogen and oxygen atoms in total. The minimum atomic E-state index is -0.453. The molecule has 0 spiro atoms. The predicted molar refractivity (Wildman–Crippen MR) is 66.6 cm³/mol. The first-order chi connectivity index (χ1) is 8.50. The number of nitrogens with one attached hydrogen (secondary N) is 1. The van der Waals surface area contributed by atoms with Gasteiger partial charge in [-0.3, -0.25) is 14.6 Å². The van der Waals surface area contributed by atoms with E-state index < -0.39 is 12.1 Å². The van der Waals surface area contributed by atoms with Crippen LogP contribution in [0.1, 0.15) is 25.0 Å². The first-order valence-electron chi connectivity index (χ1n) is 6.01. The maximum atomic E-state index is 12.1. The zero-order valence-electron chi connectivity index (χ0n) is 10.8. The minimum Gasteiger partial charge on any atom is -0.343 e. The fraction of sp³-hybridized carbons (Fsp3) is 0.462. The fourth-order valence-electron chi connectivity index (χ4n) is 2.04. The van der Waals surface area contributed by atoms with E-state index in [0.29, 0.717) is 6.54 Å². The van der Waals surface area contributed by atoms with Gasteiger partial charge in [-0.25, -0.2) is 0 Å². The highest BCUT2D eigenvalue weighted by Crippen LogP contribution is 2.16. The van der Waals surface area contributed by atoms with Crippen LogP contribution in [-0.2, 0) is 16.1 Å². The lowest BCUT2D eigenvalue weighted by Gasteiger charge is -2.36. The SMILES string of the molecule is Cc1ccncc1CN1C(=O)C(C)NC(=O)C1C. The van der Waals surface area contributed by atoms with Crippen LogP contribution in [-0.4, -0.2) is 33.8 Å². The zero-order chi connectivity index (χ0) is 13.3. The summed E-state index contributed by atoms with van der Waals surface area (Å²) in [6.45, 7) is 5.84. The maximum Gasteiger partial charge on any atom is 0.245 e. The summed E-state index contributed by atoms with van der Waals surface area (Å²) in [6, 6.07) is 1.01. The van der Waals surface area contributed by atoms with Crippen LogP contribution in [0.5, 0.6) is 0 Å². The number of carbonyl (C=O) groups is 2. The third-order valence-corrected chi connectivity index (χ3v) is 3.35. The molecule has 0 saturated carbocycles. The Kier molecular flexibility index (Phi) is 3.32. The van der Waals surface area contributed by atoms with Gasteiger partial charge in [0, 0.05) is 18.9 Å². The van der Waals surface area contributed by atoms with Gasteiger partial charge >= 0.3 is 0 Å². The van der Waals surface area contributed by atoms with E-state index in [-0.39, 0.29) is 11.8 Å². The van der Waals surface area contributed by atoms with Gasteiger partial charge in [0.05, 0.1) is 0 Å². The lowest BCUT2D eigenvalue weighted by molar-refractivity contribution is -0.148. The molecule has 2 rings (SSSR count). The Morgan fingerprint density at radius 1 is 1.39 bits per heavy atom. The first-order valence-corrected chi connectivity index (χ1v) is 6.01. The summed E-state index contributed by atoms with van der Waals surface area (Å²) in [5.74, 6) is -0.158. The molecule has 0 radical (unpaired) electrons. The van der Waals surface area contributed by atoms with Crippen molar-refractivity contribution in [2.24, 2.45) is 0 Å². The molecule has 1 aromatic rings. The zero-order valence-corrected chi connectivity index (χ0v) is 10.8. The minimum absolute atomic E-state index is 0.0506. The number of amides is 2. The van der Waals surface area contributed by atoms with Gasteiger partial charge < -0.3 is 10.2 Å². The second-order valence-electron chi connectivity index (χ2n) is 4.67. The van der Waals surface area contributed by atoms with E-state index in [1.165, 1.54) is 0 Å². The van der Waals surface area contributed by atoms with Gasteiger partial charge in [-0.1, -0.05) is 0 Å². The lowest BCUT2D eigenvalue weighted by Crippen LogP contribution is -2.61. The number of hydrogen-bond acceptors (Lipinski definition) is 3. The Bertz CT molecular complexity index is 487. The number of aryl methyl sites for hydroxylation is 1. The molecule has 2 amide bonds. The summed E-state index contributed by atoms with van der Waals surface area (Å²) in [7, 11) is 0. The van der Waals surface area contributed by atoms with Crippen molar-refractivity contribution >= 4 is 11.8 Å². The van der Waals surface area contributed by atoms with Gasteiger partial charge in [0.1, 0.15) is 12.1 Å². The number of piperazine rings is 1. The molecular weight excluding hydrogens is 230 g/mol. The van der Waals surface area contributed by atoms with E-state index >= 15 is 0 Å². The molecule has 1 fully saturated rings. The average molecular weight is 247 g/mol. The number of pyridine rings is 1. The van der Waals surface area contributed by atoms with Gasteiger partial charge in [0.25, 0.3) is 0 Å². The summed E-state index contributed by atoms with van der Waals surface area (Å²) in [5, 5.41) is 2.66. The Balaban J connectivity index is 2.23. The van der Waals surface area contributed by atoms with Gasteiger partial charge in [-0.2, -0.15) is 0 Å². The highest BCUT2D eigenvalue weighted by Gasteiger charge is 2.35. The summed E-state index contributed by atoms with van der Waals surface area (Å²) in [6.07, 6.45) is 3.46. The molecule has 0 aliphatic carbocycles. The van der Waals surface area contributed by atoms with Gasteiger partial charge in [-0.05, 0) is 38.0 Å². The number of carbonyl (C=O) groups excluding carboxylic acids is 2. The quantitative estimate of drug-likeness (QED) is 0.833. The van der Waals surface area contributed by atoms with Crippen LogP contribution in [0.25, 0.3) is 0 Å². The van der Waals surface area contributed by atoms with Crippen molar-refractivity contribution in [2.45, 2.75) is 39.4 Å². The van der Waals surface area contributed by atoms with E-state index in [0.717, 1.165) is 11.1 Å². The van der Waals surface area contributed by atoms with Crippen LogP contribution in [0.4, 0.5) is 0 Å². The van der Waals surface area contributed by atoms with Crippen molar-refractivity contribution < 1.29 is 9.59 Å². The van der Waals surface area contributed by atoms with Crippen molar-refractivity contribution in [2.75, 3.05) is 0 Å². The summed E-state index contributed by atoms with van der Waals surface area (Å²) in [4.78, 5) is 29.5. The van der Waals surface area contributed by atoms with Crippen LogP contribution >= 0.6 is 0 Å². The molecule has 2 atom stereocenters. The van der Waals surface area contributed by atoms with Crippen molar-refractivity contribution in [1.29, 1.82) is 0 Å². The molecule has 2 heterocycles. The second-order valence-corrected chi connectivity index (χ2v) is 4.67. The van der Waals surface area contributed by atoms with Crippen molar-refractivity contribution in [3.05, 3.63) is 29.6 Å². The van der Waals surface area contributed by atoms with E-state index in [4.69, 9.17) is 0 Å². The Morgan fingerprint density at radius 2 is 2.11 bits per heavy atom. The van der Waals surface area contributed by atoms with Crippen LogP contribution in [0.2, 0.25) is 0 Å². The van der Waals surface area contributed by atoms with Crippen LogP contribution in [0.15, 0.2) is 18.5 Å². The third-order valence-electron chi connectivity index (χ3n) is 3.35. The highest BCUT2D eigenvalue weighted by atomic mass is 16.2. The molecule has 0 bridgehead atoms. The van der Waals surface area contributed by atoms with Crippen LogP contribution < -0.4 is 5.32 Å². The Morgan fingerprint density at radius 3 is 2.78 bits per heavy atom. The number of aromatic nitrogens is 1. The molecule has 18 heavy (non-hydrogen) atoms. The van der Waals surface area contributed by atoms with E-state index in [2.05, 4.69) is 10.3 Å². The van der Waals surface area contributed by atoms with E-state index in [1.54, 1.807) is 31.1 Å². The molecule has 1 aliphatic heterocycles. The average Bonchev–Trinajstić information content (AvgIpc) is 2.34. The number of nitrogens with zero attached hydrogens (tertiary/aromatic N) is 2. The van der Waals surface area contributed by atoms with Gasteiger partial charge in [-0.15, -0.1) is 0 Å². The maximum absolute atomic E-state index is 12.1. The van der Waals surface area contributed by atoms with Crippen molar-refractivity contribution in [1.82, 2.24) is 15.2 Å². The van der Waals surface area contributed by atoms with Crippen molar-refractivity contribution in [3.63, 3.8) is 0 Å². The summed E-state index contributed by atoms with van der Waals surface area (Å²) >= 11 is 0. The number of rotatable bonds is 2. The van der Waals surface area contributed by atoms with E-state index in [1.807, 2.05) is 13.0 Å². The van der Waals surface area contributed by atoms with Crippen LogP contribution in [0, 0.1) is 6.92 Å². The molecule has 2 unspecified atom stereocenters. The fourth-order valence-corrected chi connectivity index (χ4v) is 2.04. The molecule has 0 aromatic carbocycles. The Labute approximate surface area is 106 Å². The molecule has 5 heteroatoms. The topological polar surface area (TPSA) is 62.3 Å². The molecule has 96 valence electrons. The largest absolute Gasteiger partial charge is 0.343 e. The summed E-state index contributed by atoms with van der Waals surface area (Å²) < 4.78 is 0. The van der Waals surface area contributed by atoms with Gasteiger partial charge in [0.2, 0.25) is 11.8 Å². The Hall–Kier alpha value is -1.91. The predicted octanol–water partition coefficient (Wildman–Crippen LogP) is 0.625. The first kappa shape index (κ1) is 12.5. The lowest BCUT2D eigenvalue weighted by atomic mass is 10.1. The molecule has 1 N–H and O–H groups in total. The standard InChI is InChI=1S/C13H17N3O2/c1-8-4-5-14-6-11(8)7-16-10(3)12(17)15-9(2)13(16)18/h4-6,9-10H,7H2,1-3H3,(H,15,17). The summed E-state index contributed by atoms with van der Waals surface area (Å²) in [5.41, 5.74) is 2.04. The molecule has 1 aliphatic rings. The third kappa shape index (κ3) is 2.20. The van der Waals surface area contributed by atoms with E-state index in [9.17, 15) is 9.59 Å². The second kappa shape index (κ2) is 4.76. The number of hydrogen-bond donors (Lipinski definition) is 1. The monoisotopic (exact) mass is 247 g/mol. The highest BCUT2D eigenvalue weighted by molar-refractivity contribution is 5.96. The van der Waals surface area contributed by atoms with Crippen molar-refractivity contribution in [3.8, 4) is 0 Å². The molecular formula is C13H17N3O2. The molecule has 1 saturated heterocycles. The van der Waals surface area contributed by atoms with Crippen LogP contribution in [0.3, 0.4) is 0 Å². The smallest absolute Gasteiger partial charge is 0.245 e. The molecule has 1 aromatic heterocycles. The van der Waals surface area contributed by atoms with Gasteiger partial charge in [0.15, 0.2) is 0 Å².